The van der Waals surface area contributed by atoms with Crippen molar-refractivity contribution in [2.45, 2.75) is 45.3 Å². The molecule has 1 amide bonds. The van der Waals surface area contributed by atoms with Gasteiger partial charge in [-0.25, -0.2) is 0 Å². The summed E-state index contributed by atoms with van der Waals surface area (Å²) in [6.07, 6.45) is 3.12. The first kappa shape index (κ1) is 18.9. The van der Waals surface area contributed by atoms with Crippen LogP contribution in [0.15, 0.2) is 6.07 Å². The van der Waals surface area contributed by atoms with Crippen molar-refractivity contribution in [2.75, 3.05) is 52.5 Å². The van der Waals surface area contributed by atoms with E-state index < -0.39 is 0 Å². The number of morpholine rings is 1. The van der Waals surface area contributed by atoms with Crippen LogP contribution in [0.25, 0.3) is 0 Å². The van der Waals surface area contributed by atoms with Crippen LogP contribution >= 0.6 is 0 Å². The van der Waals surface area contributed by atoms with Crippen LogP contribution in [0.4, 0.5) is 0 Å². The van der Waals surface area contributed by atoms with Crippen molar-refractivity contribution in [3.05, 3.63) is 17.5 Å². The minimum Gasteiger partial charge on any atom is -0.379 e. The van der Waals surface area contributed by atoms with Gasteiger partial charge < -0.3 is 14.4 Å². The van der Waals surface area contributed by atoms with Gasteiger partial charge in [-0.1, -0.05) is 0 Å². The van der Waals surface area contributed by atoms with Gasteiger partial charge in [0, 0.05) is 32.7 Å². The molecule has 150 valence electrons. The normalized spacial score (nSPS) is 29.6. The highest BCUT2D eigenvalue weighted by Gasteiger charge is 2.45. The maximum atomic E-state index is 13.1. The largest absolute Gasteiger partial charge is 0.379 e. The van der Waals surface area contributed by atoms with E-state index in [0.29, 0.717) is 24.7 Å². The van der Waals surface area contributed by atoms with Gasteiger partial charge in [0.05, 0.1) is 37.7 Å². The lowest BCUT2D eigenvalue weighted by Gasteiger charge is -2.40. The Hall–Kier alpha value is -1.44. The summed E-state index contributed by atoms with van der Waals surface area (Å²) in [6, 6.07) is 1.91. The average molecular weight is 377 g/mol. The zero-order valence-corrected chi connectivity index (χ0v) is 16.7. The fourth-order valence-corrected chi connectivity index (χ4v) is 4.88. The fraction of sp³-hybridized carbons (Fsp3) is 0.800. The molecule has 0 aliphatic carbocycles. The van der Waals surface area contributed by atoms with Crippen LogP contribution in [0, 0.1) is 12.8 Å². The van der Waals surface area contributed by atoms with E-state index in [-0.39, 0.29) is 11.5 Å². The van der Waals surface area contributed by atoms with Crippen molar-refractivity contribution in [1.29, 1.82) is 0 Å². The molecular formula is C20H32N4O3. The Morgan fingerprint density at radius 3 is 2.93 bits per heavy atom. The van der Waals surface area contributed by atoms with E-state index in [1.54, 1.807) is 0 Å². The van der Waals surface area contributed by atoms with Crippen molar-refractivity contribution >= 4 is 5.91 Å². The molecule has 3 fully saturated rings. The maximum Gasteiger partial charge on any atom is 0.272 e. The molecule has 7 heteroatoms. The zero-order chi connectivity index (χ0) is 18.9. The quantitative estimate of drug-likeness (QED) is 0.798. The molecule has 3 aliphatic rings. The van der Waals surface area contributed by atoms with E-state index in [9.17, 15) is 4.79 Å². The second-order valence-electron chi connectivity index (χ2n) is 8.29. The highest BCUT2D eigenvalue weighted by atomic mass is 16.5. The predicted molar refractivity (Wildman–Crippen MR) is 102 cm³/mol. The first-order chi connectivity index (χ1) is 13.1. The first-order valence-corrected chi connectivity index (χ1v) is 10.4. The van der Waals surface area contributed by atoms with E-state index in [1.165, 1.54) is 0 Å². The van der Waals surface area contributed by atoms with Crippen molar-refractivity contribution in [1.82, 2.24) is 19.6 Å². The van der Waals surface area contributed by atoms with Gasteiger partial charge in [-0.05, 0) is 45.1 Å². The highest BCUT2D eigenvalue weighted by Crippen LogP contribution is 2.38. The Morgan fingerprint density at radius 1 is 1.33 bits per heavy atom. The topological polar surface area (TPSA) is 59.8 Å². The van der Waals surface area contributed by atoms with Crippen molar-refractivity contribution in [3.8, 4) is 0 Å². The second kappa shape index (κ2) is 7.89. The number of piperidine rings is 1. The molecule has 3 aliphatic heterocycles. The fourth-order valence-electron chi connectivity index (χ4n) is 4.88. The Morgan fingerprint density at radius 2 is 2.15 bits per heavy atom. The van der Waals surface area contributed by atoms with Gasteiger partial charge in [-0.3, -0.25) is 14.4 Å². The number of hydrogen-bond donors (Lipinski definition) is 0. The Balaban J connectivity index is 1.39. The molecular weight excluding hydrogens is 344 g/mol. The van der Waals surface area contributed by atoms with Crippen molar-refractivity contribution in [2.24, 2.45) is 5.92 Å². The molecule has 0 N–H and O–H groups in total. The SMILES string of the molecule is CCn1nc(C)cc1C(=O)N1CCC[C@]2(C[C@@H](CN3CCOCC3)CO2)C1. The van der Waals surface area contributed by atoms with Gasteiger partial charge in [0.15, 0.2) is 0 Å². The average Bonchev–Trinajstić information content (AvgIpc) is 3.25. The summed E-state index contributed by atoms with van der Waals surface area (Å²) in [5, 5.41) is 4.43. The van der Waals surface area contributed by atoms with Gasteiger partial charge in [0.2, 0.25) is 0 Å². The third kappa shape index (κ3) is 4.05. The minimum atomic E-state index is -0.156. The number of hydrogen-bond acceptors (Lipinski definition) is 5. The van der Waals surface area contributed by atoms with Crippen molar-refractivity contribution < 1.29 is 14.3 Å². The molecule has 7 nitrogen and oxygen atoms in total. The molecule has 4 rings (SSSR count). The van der Waals surface area contributed by atoms with Gasteiger partial charge in [0.1, 0.15) is 5.69 Å². The summed E-state index contributed by atoms with van der Waals surface area (Å²) in [5.41, 5.74) is 1.45. The van der Waals surface area contributed by atoms with Crippen LogP contribution in [-0.2, 0) is 16.0 Å². The van der Waals surface area contributed by atoms with Crippen LogP contribution in [-0.4, -0.2) is 83.6 Å². The maximum absolute atomic E-state index is 13.1. The highest BCUT2D eigenvalue weighted by molar-refractivity contribution is 5.92. The Labute approximate surface area is 161 Å². The van der Waals surface area contributed by atoms with Gasteiger partial charge in [0.25, 0.3) is 5.91 Å². The van der Waals surface area contributed by atoms with E-state index in [0.717, 1.165) is 71.0 Å². The van der Waals surface area contributed by atoms with E-state index in [1.807, 2.05) is 29.5 Å². The van der Waals surface area contributed by atoms with Crippen LogP contribution in [0.3, 0.4) is 0 Å². The summed E-state index contributed by atoms with van der Waals surface area (Å²) in [7, 11) is 0. The summed E-state index contributed by atoms with van der Waals surface area (Å²) in [5.74, 6) is 0.651. The van der Waals surface area contributed by atoms with Gasteiger partial charge in [-0.2, -0.15) is 5.10 Å². The number of likely N-dealkylation sites (tertiary alicyclic amines) is 1. The summed E-state index contributed by atoms with van der Waals surface area (Å²) in [4.78, 5) is 17.6. The number of aryl methyl sites for hydroxylation is 2. The lowest BCUT2D eigenvalue weighted by Crippen LogP contribution is -2.50. The lowest BCUT2D eigenvalue weighted by molar-refractivity contribution is -0.0454. The van der Waals surface area contributed by atoms with Gasteiger partial charge in [-0.15, -0.1) is 0 Å². The smallest absolute Gasteiger partial charge is 0.272 e. The zero-order valence-electron chi connectivity index (χ0n) is 16.7. The molecule has 0 saturated carbocycles. The molecule has 1 aromatic heterocycles. The summed E-state index contributed by atoms with van der Waals surface area (Å²) < 4.78 is 13.6. The summed E-state index contributed by atoms with van der Waals surface area (Å²) >= 11 is 0. The lowest BCUT2D eigenvalue weighted by atomic mass is 9.86. The molecule has 0 radical (unpaired) electrons. The number of ether oxygens (including phenoxy) is 2. The van der Waals surface area contributed by atoms with Crippen LogP contribution in [0.2, 0.25) is 0 Å². The molecule has 1 aromatic rings. The van der Waals surface area contributed by atoms with Crippen LogP contribution < -0.4 is 0 Å². The Kier molecular flexibility index (Phi) is 5.53. The molecule has 2 atom stereocenters. The molecule has 1 spiro atoms. The molecule has 4 heterocycles. The van der Waals surface area contributed by atoms with E-state index >= 15 is 0 Å². The number of carbonyl (C=O) groups excluding carboxylic acids is 1. The molecule has 0 bridgehead atoms. The van der Waals surface area contributed by atoms with E-state index in [2.05, 4.69) is 10.00 Å². The standard InChI is InChI=1S/C20H32N4O3/c1-3-24-18(11-16(2)21-24)19(25)23-6-4-5-20(15-23)12-17(14-27-20)13-22-7-9-26-10-8-22/h11,17H,3-10,12-15H2,1-2H3/t17-,20-/m0/s1. The van der Waals surface area contributed by atoms with Gasteiger partial charge >= 0.3 is 0 Å². The first-order valence-electron chi connectivity index (χ1n) is 10.4. The number of rotatable bonds is 4. The number of nitrogens with zero attached hydrogens (tertiary/aromatic N) is 4. The number of aromatic nitrogens is 2. The van der Waals surface area contributed by atoms with Crippen LogP contribution in [0.1, 0.15) is 42.4 Å². The molecule has 0 unspecified atom stereocenters. The Bertz CT molecular complexity index is 670. The third-order valence-corrected chi connectivity index (χ3v) is 6.15. The third-order valence-electron chi connectivity index (χ3n) is 6.15. The van der Waals surface area contributed by atoms with E-state index in [4.69, 9.17) is 9.47 Å². The number of amides is 1. The minimum absolute atomic E-state index is 0.0942. The molecule has 3 saturated heterocycles. The number of carbonyl (C=O) groups is 1. The molecule has 0 aromatic carbocycles. The monoisotopic (exact) mass is 376 g/mol. The van der Waals surface area contributed by atoms with Crippen molar-refractivity contribution in [3.63, 3.8) is 0 Å². The predicted octanol–water partition coefficient (Wildman–Crippen LogP) is 1.55. The molecule has 27 heavy (non-hydrogen) atoms. The second-order valence-corrected chi connectivity index (χ2v) is 8.29. The summed E-state index contributed by atoms with van der Waals surface area (Å²) in [6.45, 7) is 11.8. The van der Waals surface area contributed by atoms with Crippen LogP contribution in [0.5, 0.6) is 0 Å².